The summed E-state index contributed by atoms with van der Waals surface area (Å²) in [6.45, 7) is 2.49. The van der Waals surface area contributed by atoms with Gasteiger partial charge >= 0.3 is 0 Å². The van der Waals surface area contributed by atoms with Gasteiger partial charge < -0.3 is 19.7 Å². The Hall–Kier alpha value is -4.12. The number of aryl methyl sites for hydroxylation is 1. The van der Waals surface area contributed by atoms with Crippen LogP contribution in [0.25, 0.3) is 22.0 Å². The molecule has 0 saturated carbocycles. The number of nitrogens with one attached hydrogen (secondary N) is 1. The van der Waals surface area contributed by atoms with Crippen molar-refractivity contribution in [2.75, 3.05) is 27.3 Å². The van der Waals surface area contributed by atoms with E-state index in [4.69, 9.17) is 9.84 Å². The van der Waals surface area contributed by atoms with E-state index in [1.165, 1.54) is 12.5 Å². The Kier molecular flexibility index (Phi) is 10.3. The van der Waals surface area contributed by atoms with Gasteiger partial charge in [0.05, 0.1) is 31.1 Å². The molecule has 3 aromatic heterocycles. The molecule has 1 saturated heterocycles. The highest BCUT2D eigenvalue weighted by Gasteiger charge is 2.16. The van der Waals surface area contributed by atoms with Crippen LogP contribution in [0.5, 0.6) is 5.75 Å². The lowest BCUT2D eigenvalue weighted by Gasteiger charge is -2.26. The lowest BCUT2D eigenvalue weighted by atomic mass is 10.0. The molecule has 0 bridgehead atoms. The quantitative estimate of drug-likeness (QED) is 0.380. The predicted octanol–water partition coefficient (Wildman–Crippen LogP) is 3.48. The van der Waals surface area contributed by atoms with Crippen LogP contribution in [0.2, 0.25) is 0 Å². The number of H-pyrrole nitrogens is 1. The molecule has 0 atom stereocenters. The molecule has 0 unspecified atom stereocenters. The zero-order chi connectivity index (χ0) is 26.6. The summed E-state index contributed by atoms with van der Waals surface area (Å²) in [5, 5.41) is 15.2. The average Bonchev–Trinajstić information content (AvgIpc) is 3.65. The second kappa shape index (κ2) is 13.8. The van der Waals surface area contributed by atoms with Crippen LogP contribution < -0.4 is 4.74 Å². The number of aromatic nitrogens is 5. The van der Waals surface area contributed by atoms with E-state index in [1.54, 1.807) is 54.8 Å². The number of amides is 1. The Labute approximate surface area is 214 Å². The number of hydrogen-bond acceptors (Lipinski definition) is 7. The van der Waals surface area contributed by atoms with E-state index in [-0.39, 0.29) is 5.91 Å². The minimum absolute atomic E-state index is 0.241. The molecule has 5 rings (SSSR count). The molecule has 196 valence electrons. The van der Waals surface area contributed by atoms with Gasteiger partial charge in [0.2, 0.25) is 5.91 Å². The van der Waals surface area contributed by atoms with E-state index >= 15 is 0 Å². The maximum absolute atomic E-state index is 13.8. The van der Waals surface area contributed by atoms with Crippen LogP contribution >= 0.6 is 0 Å². The zero-order valence-electron chi connectivity index (χ0n) is 20.9. The van der Waals surface area contributed by atoms with Crippen molar-refractivity contribution in [3.63, 3.8) is 0 Å². The van der Waals surface area contributed by atoms with Gasteiger partial charge in [0.25, 0.3) is 0 Å². The van der Waals surface area contributed by atoms with Crippen LogP contribution in [-0.4, -0.2) is 74.5 Å². The van der Waals surface area contributed by atoms with Crippen LogP contribution in [0.4, 0.5) is 4.39 Å². The van der Waals surface area contributed by atoms with E-state index in [9.17, 15) is 14.0 Å². The number of piperidine rings is 1. The van der Waals surface area contributed by atoms with Crippen LogP contribution in [0.3, 0.4) is 0 Å². The maximum Gasteiger partial charge on any atom is 0.224 e. The Balaban J connectivity index is 0.000000200. The number of pyridine rings is 1. The first-order valence-corrected chi connectivity index (χ1v) is 11.9. The van der Waals surface area contributed by atoms with Crippen molar-refractivity contribution in [2.24, 2.45) is 0 Å². The number of aliphatic hydroxyl groups excluding tert-OH is 1. The van der Waals surface area contributed by atoms with Gasteiger partial charge in [-0.05, 0) is 43.0 Å². The molecule has 0 spiro atoms. The van der Waals surface area contributed by atoms with Gasteiger partial charge in [-0.1, -0.05) is 11.3 Å². The van der Waals surface area contributed by atoms with Gasteiger partial charge in [-0.3, -0.25) is 19.3 Å². The summed E-state index contributed by atoms with van der Waals surface area (Å²) in [4.78, 5) is 31.4. The minimum atomic E-state index is -0.403. The number of hydrogen-bond donors (Lipinski definition) is 2. The number of methoxy groups -OCH3 is 1. The third kappa shape index (κ3) is 6.98. The molecule has 1 aliphatic heterocycles. The molecule has 4 aromatic rings. The lowest BCUT2D eigenvalue weighted by molar-refractivity contribution is -0.132. The number of fused-ring (bicyclic) bond motifs is 1. The second-order valence-electron chi connectivity index (χ2n) is 8.16. The summed E-state index contributed by atoms with van der Waals surface area (Å²) < 4.78 is 20.8. The largest absolute Gasteiger partial charge is 0.496 e. The molecular weight excluding hydrogens is 479 g/mol. The molecule has 11 heteroatoms. The third-order valence-electron chi connectivity index (χ3n) is 5.92. The zero-order valence-corrected chi connectivity index (χ0v) is 20.9. The fourth-order valence-electron chi connectivity index (χ4n) is 4.13. The Bertz CT molecular complexity index is 1290. The Morgan fingerprint density at radius 1 is 1.16 bits per heavy atom. The molecule has 1 fully saturated rings. The molecular formula is C26H31FN6O4. The molecule has 37 heavy (non-hydrogen) atoms. The van der Waals surface area contributed by atoms with E-state index in [0.29, 0.717) is 41.6 Å². The monoisotopic (exact) mass is 510 g/mol. The number of halogens is 1. The summed E-state index contributed by atoms with van der Waals surface area (Å²) in [5.41, 5.74) is 2.14. The van der Waals surface area contributed by atoms with Crippen molar-refractivity contribution in [3.8, 4) is 16.9 Å². The van der Waals surface area contributed by atoms with Gasteiger partial charge in [0, 0.05) is 56.2 Å². The summed E-state index contributed by atoms with van der Waals surface area (Å²) in [5.74, 6) is 0.478. The molecule has 0 radical (unpaired) electrons. The summed E-state index contributed by atoms with van der Waals surface area (Å²) in [6, 6.07) is 6.36. The standard InChI is InChI=1S/C15H11FN2O2.C10H16N4O.CH4O/c1-20-14-4-5-17-7-12(14)10-2-3-13(16)15-11(10)6-9(8-19)18-15;15-10(13-6-2-1-3-7-13)4-8-14-9-5-11-12-14;1-2/h2-8,18H,1H3;5,9H,1-4,6-8H2;2H,1H3. The molecule has 1 aromatic carbocycles. The summed E-state index contributed by atoms with van der Waals surface area (Å²) in [6.07, 6.45) is 11.4. The first kappa shape index (κ1) is 27.5. The van der Waals surface area contributed by atoms with Crippen LogP contribution in [-0.2, 0) is 11.3 Å². The Morgan fingerprint density at radius 3 is 2.62 bits per heavy atom. The average molecular weight is 511 g/mol. The Morgan fingerprint density at radius 2 is 1.95 bits per heavy atom. The summed E-state index contributed by atoms with van der Waals surface area (Å²) in [7, 11) is 2.56. The number of likely N-dealkylation sites (tertiary alicyclic amines) is 1. The number of aliphatic hydroxyl groups is 1. The number of aldehydes is 1. The van der Waals surface area contributed by atoms with Crippen molar-refractivity contribution in [3.05, 3.63) is 60.6 Å². The maximum atomic E-state index is 13.8. The second-order valence-corrected chi connectivity index (χ2v) is 8.16. The summed E-state index contributed by atoms with van der Waals surface area (Å²) >= 11 is 0. The van der Waals surface area contributed by atoms with Gasteiger partial charge in [-0.2, -0.15) is 0 Å². The SMILES string of the molecule is CO.COc1ccncc1-c1ccc(F)c2[nH]c(C=O)cc12.O=C(CCn1ccnn1)N1CCCCC1. The first-order chi connectivity index (χ1) is 18.1. The number of nitrogens with zero attached hydrogens (tertiary/aromatic N) is 5. The first-order valence-electron chi connectivity index (χ1n) is 11.9. The van der Waals surface area contributed by atoms with Crippen molar-refractivity contribution < 1.29 is 23.8 Å². The smallest absolute Gasteiger partial charge is 0.224 e. The van der Waals surface area contributed by atoms with E-state index < -0.39 is 5.82 Å². The number of carbonyl (C=O) groups is 2. The molecule has 1 amide bonds. The topological polar surface area (TPSA) is 126 Å². The van der Waals surface area contributed by atoms with Gasteiger partial charge in [-0.15, -0.1) is 5.10 Å². The van der Waals surface area contributed by atoms with Crippen molar-refractivity contribution in [1.29, 1.82) is 0 Å². The van der Waals surface area contributed by atoms with Crippen LogP contribution in [0.15, 0.2) is 49.1 Å². The van der Waals surface area contributed by atoms with Crippen molar-refractivity contribution in [1.82, 2.24) is 29.9 Å². The molecule has 0 aliphatic carbocycles. The number of carbonyl (C=O) groups excluding carboxylic acids is 2. The molecule has 1 aliphatic rings. The van der Waals surface area contributed by atoms with Crippen molar-refractivity contribution in [2.45, 2.75) is 32.2 Å². The highest BCUT2D eigenvalue weighted by molar-refractivity contribution is 5.99. The van der Waals surface area contributed by atoms with Crippen molar-refractivity contribution >= 4 is 23.1 Å². The fourth-order valence-corrected chi connectivity index (χ4v) is 4.13. The normalized spacial score (nSPS) is 12.7. The number of aromatic amines is 1. The predicted molar refractivity (Wildman–Crippen MR) is 137 cm³/mol. The molecule has 4 heterocycles. The van der Waals surface area contributed by atoms with E-state index in [0.717, 1.165) is 44.2 Å². The van der Waals surface area contributed by atoms with Gasteiger partial charge in [0.1, 0.15) is 11.6 Å². The number of ether oxygens (including phenoxy) is 1. The highest BCUT2D eigenvalue weighted by Crippen LogP contribution is 2.35. The highest BCUT2D eigenvalue weighted by atomic mass is 19.1. The lowest BCUT2D eigenvalue weighted by Crippen LogP contribution is -2.36. The molecule has 10 nitrogen and oxygen atoms in total. The fraction of sp³-hybridized carbons (Fsp3) is 0.346. The van der Waals surface area contributed by atoms with Gasteiger partial charge in [0.15, 0.2) is 6.29 Å². The number of benzene rings is 1. The number of rotatable bonds is 6. The van der Waals surface area contributed by atoms with Crippen LogP contribution in [0.1, 0.15) is 36.2 Å². The third-order valence-corrected chi connectivity index (χ3v) is 5.92. The van der Waals surface area contributed by atoms with E-state index in [2.05, 4.69) is 20.3 Å². The van der Waals surface area contributed by atoms with E-state index in [1.807, 2.05) is 4.90 Å². The van der Waals surface area contributed by atoms with Crippen LogP contribution in [0, 0.1) is 5.82 Å². The van der Waals surface area contributed by atoms with Gasteiger partial charge in [-0.25, -0.2) is 4.39 Å². The minimum Gasteiger partial charge on any atom is -0.496 e. The molecule has 2 N–H and O–H groups in total.